The van der Waals surface area contributed by atoms with Crippen LogP contribution in [0.25, 0.3) is 10.9 Å². The summed E-state index contributed by atoms with van der Waals surface area (Å²) >= 11 is 0. The van der Waals surface area contributed by atoms with Crippen molar-refractivity contribution in [2.45, 2.75) is 25.7 Å². The first kappa shape index (κ1) is 16.3. The molecule has 0 saturated heterocycles. The van der Waals surface area contributed by atoms with E-state index in [4.69, 9.17) is 4.74 Å². The molecule has 6 nitrogen and oxygen atoms in total. The van der Waals surface area contributed by atoms with Gasteiger partial charge in [-0.2, -0.15) is 0 Å². The van der Waals surface area contributed by atoms with Crippen LogP contribution in [-0.4, -0.2) is 22.5 Å². The van der Waals surface area contributed by atoms with Gasteiger partial charge in [0.1, 0.15) is 11.6 Å². The van der Waals surface area contributed by atoms with E-state index in [2.05, 4.69) is 15.3 Å². The number of ether oxygens (including phenoxy) is 1. The smallest absolute Gasteiger partial charge is 0.258 e. The molecule has 0 aliphatic carbocycles. The third-order valence-corrected chi connectivity index (χ3v) is 4.45. The highest BCUT2D eigenvalue weighted by Crippen LogP contribution is 2.27. The highest BCUT2D eigenvalue weighted by atomic mass is 16.5. The predicted octanol–water partition coefficient (Wildman–Crippen LogP) is 2.82. The minimum Gasteiger partial charge on any atom is -0.493 e. The van der Waals surface area contributed by atoms with Crippen LogP contribution in [0, 0.1) is 0 Å². The maximum atomic E-state index is 12.1. The van der Waals surface area contributed by atoms with E-state index in [0.717, 1.165) is 23.4 Å². The molecule has 1 aromatic heterocycles. The van der Waals surface area contributed by atoms with E-state index in [0.29, 0.717) is 42.6 Å². The third-order valence-electron chi connectivity index (χ3n) is 4.45. The molecular formula is C20H19N3O3. The quantitative estimate of drug-likeness (QED) is 0.742. The molecule has 0 spiro atoms. The van der Waals surface area contributed by atoms with Gasteiger partial charge in [-0.1, -0.05) is 12.1 Å². The van der Waals surface area contributed by atoms with Crippen molar-refractivity contribution in [2.24, 2.45) is 0 Å². The first-order chi connectivity index (χ1) is 12.7. The van der Waals surface area contributed by atoms with E-state index in [1.54, 1.807) is 6.07 Å². The van der Waals surface area contributed by atoms with Crippen molar-refractivity contribution >= 4 is 22.5 Å². The average Bonchev–Trinajstić information content (AvgIpc) is 3.09. The van der Waals surface area contributed by atoms with Crippen LogP contribution in [0.1, 0.15) is 24.2 Å². The number of rotatable bonds is 5. The van der Waals surface area contributed by atoms with Gasteiger partial charge in [0.05, 0.1) is 17.5 Å². The lowest BCUT2D eigenvalue weighted by molar-refractivity contribution is -0.116. The number of hydrogen-bond donors (Lipinski definition) is 2. The van der Waals surface area contributed by atoms with E-state index in [-0.39, 0.29) is 11.5 Å². The van der Waals surface area contributed by atoms with Gasteiger partial charge in [0.2, 0.25) is 5.91 Å². The Labute approximate surface area is 150 Å². The Balaban J connectivity index is 1.34. The lowest BCUT2D eigenvalue weighted by Crippen LogP contribution is -2.14. The molecule has 1 aliphatic heterocycles. The molecule has 132 valence electrons. The maximum absolute atomic E-state index is 12.1. The van der Waals surface area contributed by atoms with Gasteiger partial charge in [-0.25, -0.2) is 4.98 Å². The minimum absolute atomic E-state index is 0.0491. The van der Waals surface area contributed by atoms with E-state index in [1.807, 2.05) is 36.4 Å². The maximum Gasteiger partial charge on any atom is 0.258 e. The zero-order valence-corrected chi connectivity index (χ0v) is 14.2. The zero-order valence-electron chi connectivity index (χ0n) is 14.2. The van der Waals surface area contributed by atoms with Crippen LogP contribution >= 0.6 is 0 Å². The van der Waals surface area contributed by atoms with E-state index in [9.17, 15) is 9.59 Å². The summed E-state index contributed by atoms with van der Waals surface area (Å²) in [5.41, 5.74) is 2.45. The van der Waals surface area contributed by atoms with Gasteiger partial charge in [-0.15, -0.1) is 0 Å². The van der Waals surface area contributed by atoms with Crippen LogP contribution in [0.2, 0.25) is 0 Å². The second kappa shape index (κ2) is 7.00. The Morgan fingerprint density at radius 3 is 3.04 bits per heavy atom. The van der Waals surface area contributed by atoms with Crippen LogP contribution in [0.5, 0.6) is 5.75 Å². The molecule has 1 amide bonds. The van der Waals surface area contributed by atoms with E-state index >= 15 is 0 Å². The fourth-order valence-corrected chi connectivity index (χ4v) is 3.16. The van der Waals surface area contributed by atoms with Gasteiger partial charge in [0.25, 0.3) is 5.56 Å². The Morgan fingerprint density at radius 2 is 2.12 bits per heavy atom. The molecule has 0 unspecified atom stereocenters. The molecule has 2 aromatic carbocycles. The average molecular weight is 349 g/mol. The van der Waals surface area contributed by atoms with Crippen molar-refractivity contribution in [3.63, 3.8) is 0 Å². The van der Waals surface area contributed by atoms with Crippen molar-refractivity contribution < 1.29 is 9.53 Å². The summed E-state index contributed by atoms with van der Waals surface area (Å²) in [6.45, 7) is 0.698. The summed E-state index contributed by atoms with van der Waals surface area (Å²) in [6.07, 6.45) is 2.40. The van der Waals surface area contributed by atoms with Gasteiger partial charge in [-0.05, 0) is 42.3 Å². The zero-order chi connectivity index (χ0) is 17.9. The number of hydrogen-bond acceptors (Lipinski definition) is 4. The Hall–Kier alpha value is -3.15. The van der Waals surface area contributed by atoms with Crippen LogP contribution in [0.4, 0.5) is 5.69 Å². The molecule has 0 radical (unpaired) electrons. The first-order valence-electron chi connectivity index (χ1n) is 8.72. The summed E-state index contributed by atoms with van der Waals surface area (Å²) in [6, 6.07) is 12.9. The first-order valence-corrected chi connectivity index (χ1v) is 8.72. The Kier molecular flexibility index (Phi) is 4.39. The fourth-order valence-electron chi connectivity index (χ4n) is 3.16. The number of benzene rings is 2. The number of nitrogens with zero attached hydrogens (tertiary/aromatic N) is 1. The van der Waals surface area contributed by atoms with Crippen molar-refractivity contribution in [3.05, 3.63) is 64.2 Å². The second-order valence-electron chi connectivity index (χ2n) is 6.35. The summed E-state index contributed by atoms with van der Waals surface area (Å²) < 4.78 is 5.46. The molecule has 1 aliphatic rings. The molecule has 0 fully saturated rings. The van der Waals surface area contributed by atoms with Crippen molar-refractivity contribution in [2.75, 3.05) is 11.9 Å². The number of aromatic nitrogens is 2. The summed E-state index contributed by atoms with van der Waals surface area (Å²) in [7, 11) is 0. The highest BCUT2D eigenvalue weighted by Gasteiger charge is 2.13. The number of nitrogens with one attached hydrogen (secondary N) is 2. The number of fused-ring (bicyclic) bond motifs is 2. The van der Waals surface area contributed by atoms with Gasteiger partial charge >= 0.3 is 0 Å². The van der Waals surface area contributed by atoms with Gasteiger partial charge < -0.3 is 15.0 Å². The van der Waals surface area contributed by atoms with Crippen LogP contribution < -0.4 is 15.6 Å². The lowest BCUT2D eigenvalue weighted by Gasteiger charge is -2.07. The minimum atomic E-state index is -0.143. The van der Waals surface area contributed by atoms with Crippen LogP contribution in [0.15, 0.2) is 47.3 Å². The predicted molar refractivity (Wildman–Crippen MR) is 99.6 cm³/mol. The molecule has 3 aromatic rings. The molecule has 4 rings (SSSR count). The summed E-state index contributed by atoms with van der Waals surface area (Å²) in [5.74, 6) is 1.46. The number of H-pyrrole nitrogens is 1. The molecular weight excluding hydrogens is 330 g/mol. The number of carbonyl (C=O) groups excluding carboxylic acids is 1. The fraction of sp³-hybridized carbons (Fsp3) is 0.250. The van der Waals surface area contributed by atoms with E-state index < -0.39 is 0 Å². The number of carbonyl (C=O) groups is 1. The molecule has 2 heterocycles. The van der Waals surface area contributed by atoms with Crippen molar-refractivity contribution in [1.82, 2.24) is 9.97 Å². The van der Waals surface area contributed by atoms with Gasteiger partial charge in [0.15, 0.2) is 0 Å². The number of anilines is 1. The SMILES string of the molecule is O=C(CCCc1nc2ccccc2c(=O)[nH]1)Nc1ccc2c(c1)CCO2. The topological polar surface area (TPSA) is 84.1 Å². The molecule has 2 N–H and O–H groups in total. The number of amides is 1. The molecule has 0 bridgehead atoms. The number of para-hydroxylation sites is 1. The molecule has 6 heteroatoms. The lowest BCUT2D eigenvalue weighted by atomic mass is 10.1. The molecule has 0 atom stereocenters. The third kappa shape index (κ3) is 3.44. The van der Waals surface area contributed by atoms with Gasteiger partial charge in [0, 0.05) is 24.9 Å². The van der Waals surface area contributed by atoms with Crippen LogP contribution in [0.3, 0.4) is 0 Å². The van der Waals surface area contributed by atoms with Crippen molar-refractivity contribution in [1.29, 1.82) is 0 Å². The number of aromatic amines is 1. The largest absolute Gasteiger partial charge is 0.493 e. The normalized spacial score (nSPS) is 12.6. The van der Waals surface area contributed by atoms with Crippen molar-refractivity contribution in [3.8, 4) is 5.75 Å². The summed E-state index contributed by atoms with van der Waals surface area (Å²) in [5, 5.41) is 3.49. The standard InChI is InChI=1S/C20H19N3O3/c24-19(21-14-8-9-17-13(12-14)10-11-26-17)7-3-6-18-22-16-5-2-1-4-15(16)20(25)23-18/h1-2,4-5,8-9,12H,3,6-7,10-11H2,(H,21,24)(H,22,23,25). The summed E-state index contributed by atoms with van der Waals surface area (Å²) in [4.78, 5) is 31.4. The van der Waals surface area contributed by atoms with Crippen LogP contribution in [-0.2, 0) is 17.6 Å². The monoisotopic (exact) mass is 349 g/mol. The Bertz CT molecular complexity index is 1030. The molecule has 26 heavy (non-hydrogen) atoms. The Morgan fingerprint density at radius 1 is 1.23 bits per heavy atom. The highest BCUT2D eigenvalue weighted by molar-refractivity contribution is 5.90. The number of aryl methyl sites for hydroxylation is 1. The van der Waals surface area contributed by atoms with Gasteiger partial charge in [-0.3, -0.25) is 9.59 Å². The second-order valence-corrected chi connectivity index (χ2v) is 6.35. The van der Waals surface area contributed by atoms with E-state index in [1.165, 1.54) is 0 Å². The molecule has 0 saturated carbocycles.